The number of primary amides is 1. The molecule has 1 aromatic carbocycles. The molecule has 32 heavy (non-hydrogen) atoms. The second kappa shape index (κ2) is 8.22. The van der Waals surface area contributed by atoms with Crippen LogP contribution >= 0.6 is 11.6 Å². The number of anilines is 1. The van der Waals surface area contributed by atoms with Gasteiger partial charge in [0.25, 0.3) is 5.69 Å². The van der Waals surface area contributed by atoms with Gasteiger partial charge in [0.05, 0.1) is 21.9 Å². The minimum absolute atomic E-state index is 0.199. The molecule has 2 aliphatic rings. The summed E-state index contributed by atoms with van der Waals surface area (Å²) < 4.78 is 42.5. The predicted molar refractivity (Wildman–Crippen MR) is 111 cm³/mol. The van der Waals surface area contributed by atoms with E-state index in [1.165, 1.54) is 18.2 Å². The summed E-state index contributed by atoms with van der Waals surface area (Å²) in [6, 6.07) is 3.40. The Balaban J connectivity index is 1.59. The predicted octanol–water partition coefficient (Wildman–Crippen LogP) is 1.45. The van der Waals surface area contributed by atoms with Gasteiger partial charge >= 0.3 is 0 Å². The number of aromatic nitrogens is 2. The number of carbonyl (C=O) groups excluding carboxylic acids is 1. The highest BCUT2D eigenvalue weighted by atomic mass is 35.5. The Labute approximate surface area is 186 Å². The second-order valence-electron chi connectivity index (χ2n) is 7.81. The molecule has 2 bridgehead atoms. The van der Waals surface area contributed by atoms with Crippen LogP contribution in [0.4, 0.5) is 15.9 Å². The number of carbonyl (C=O) groups is 1. The fourth-order valence-corrected chi connectivity index (χ4v) is 6.21. The number of hydrogen-bond acceptors (Lipinski definition) is 8. The third kappa shape index (κ3) is 4.10. The molecule has 4 rings (SSSR count). The Kier molecular flexibility index (Phi) is 5.73. The van der Waals surface area contributed by atoms with Gasteiger partial charge in [0.15, 0.2) is 11.6 Å². The molecule has 0 aliphatic heterocycles. The van der Waals surface area contributed by atoms with Gasteiger partial charge in [-0.3, -0.25) is 14.9 Å². The molecule has 4 N–H and O–H groups in total. The largest absolute Gasteiger partial charge is 0.369 e. The topological polar surface area (TPSA) is 170 Å². The van der Waals surface area contributed by atoms with Gasteiger partial charge in [-0.1, -0.05) is 6.07 Å². The summed E-state index contributed by atoms with van der Waals surface area (Å²) in [4.78, 5) is 29.5. The van der Waals surface area contributed by atoms with Crippen molar-refractivity contribution in [1.29, 1.82) is 0 Å². The van der Waals surface area contributed by atoms with E-state index in [1.807, 2.05) is 0 Å². The van der Waals surface area contributed by atoms with Crippen LogP contribution in [0.1, 0.15) is 12.8 Å². The lowest BCUT2D eigenvalue weighted by Gasteiger charge is -2.35. The van der Waals surface area contributed by atoms with Gasteiger partial charge in [0.1, 0.15) is 0 Å². The quantitative estimate of drug-likeness (QED) is 0.301. The number of nitrogens with zero attached hydrogens (tertiary/aromatic N) is 3. The smallest absolute Gasteiger partial charge is 0.270 e. The molecule has 2 fully saturated rings. The Bertz CT molecular complexity index is 1200. The zero-order chi connectivity index (χ0) is 23.2. The number of benzene rings is 1. The van der Waals surface area contributed by atoms with Gasteiger partial charge in [0, 0.05) is 24.2 Å². The molecule has 11 nitrogen and oxygen atoms in total. The number of non-ortho nitro benzene ring substituents is 1. The summed E-state index contributed by atoms with van der Waals surface area (Å²) in [5.41, 5.74) is 5.21. The van der Waals surface area contributed by atoms with Crippen molar-refractivity contribution < 1.29 is 22.5 Å². The number of halogens is 2. The lowest BCUT2D eigenvalue weighted by Crippen LogP contribution is -2.51. The van der Waals surface area contributed by atoms with Gasteiger partial charge in [-0.15, -0.1) is 0 Å². The Hall–Kier alpha value is -2.90. The summed E-state index contributed by atoms with van der Waals surface area (Å²) in [5, 5.41) is 13.6. The number of sulfonamides is 1. The first kappa shape index (κ1) is 22.3. The van der Waals surface area contributed by atoms with Gasteiger partial charge in [-0.25, -0.2) is 22.5 Å². The number of rotatable bonds is 7. The van der Waals surface area contributed by atoms with Crippen molar-refractivity contribution in [2.24, 2.45) is 23.5 Å². The molecule has 1 aromatic heterocycles. The zero-order valence-corrected chi connectivity index (χ0v) is 17.9. The van der Waals surface area contributed by atoms with E-state index in [-0.39, 0.29) is 27.6 Å². The molecule has 2 saturated carbocycles. The van der Waals surface area contributed by atoms with Gasteiger partial charge in [-0.05, 0) is 42.3 Å². The van der Waals surface area contributed by atoms with Crippen LogP contribution in [0.2, 0.25) is 5.28 Å². The molecule has 0 saturated heterocycles. The van der Waals surface area contributed by atoms with E-state index in [4.69, 9.17) is 17.3 Å². The van der Waals surface area contributed by atoms with Crippen molar-refractivity contribution in [3.63, 3.8) is 0 Å². The molecule has 1 amide bonds. The van der Waals surface area contributed by atoms with E-state index in [0.717, 1.165) is 12.3 Å². The molecule has 2 aliphatic carbocycles. The molecule has 5 atom stereocenters. The minimum Gasteiger partial charge on any atom is -0.369 e. The molecule has 0 radical (unpaired) electrons. The van der Waals surface area contributed by atoms with Crippen molar-refractivity contribution in [2.75, 3.05) is 5.32 Å². The van der Waals surface area contributed by atoms with E-state index >= 15 is 0 Å². The average Bonchev–Trinajstić information content (AvgIpc) is 3.28. The van der Waals surface area contributed by atoms with E-state index in [2.05, 4.69) is 20.0 Å². The molecule has 5 unspecified atom stereocenters. The first-order chi connectivity index (χ1) is 15.1. The number of amides is 1. The van der Waals surface area contributed by atoms with Crippen LogP contribution in [0.25, 0.3) is 0 Å². The summed E-state index contributed by atoms with van der Waals surface area (Å²) >= 11 is 5.74. The fourth-order valence-electron chi connectivity index (χ4n) is 4.74. The highest BCUT2D eigenvalue weighted by molar-refractivity contribution is 7.89. The van der Waals surface area contributed by atoms with Gasteiger partial charge in [-0.2, -0.15) is 4.98 Å². The third-order valence-corrected chi connectivity index (χ3v) is 7.67. The summed E-state index contributed by atoms with van der Waals surface area (Å²) in [6.45, 7) is 0. The van der Waals surface area contributed by atoms with Gasteiger partial charge in [0.2, 0.25) is 21.2 Å². The number of nitrogens with one attached hydrogen (secondary N) is 2. The van der Waals surface area contributed by atoms with Crippen LogP contribution in [0.15, 0.2) is 35.4 Å². The lowest BCUT2D eigenvalue weighted by molar-refractivity contribution is -0.385. The first-order valence-electron chi connectivity index (χ1n) is 9.57. The van der Waals surface area contributed by atoms with Crippen LogP contribution in [0, 0.1) is 33.7 Å². The maximum atomic E-state index is 14.2. The fraction of sp³-hybridized carbons (Fsp3) is 0.389. The van der Waals surface area contributed by atoms with Crippen LogP contribution < -0.4 is 15.8 Å². The highest BCUT2D eigenvalue weighted by Gasteiger charge is 2.56. The van der Waals surface area contributed by atoms with Crippen molar-refractivity contribution in [3.05, 3.63) is 51.7 Å². The summed E-state index contributed by atoms with van der Waals surface area (Å²) in [6.07, 6.45) is 1.71. The maximum Gasteiger partial charge on any atom is 0.270 e. The Morgan fingerprint density at radius 1 is 1.34 bits per heavy atom. The minimum atomic E-state index is -4.09. The van der Waals surface area contributed by atoms with Gasteiger partial charge < -0.3 is 11.1 Å². The van der Waals surface area contributed by atoms with Crippen LogP contribution in [-0.2, 0) is 14.8 Å². The van der Waals surface area contributed by atoms with E-state index in [1.54, 1.807) is 0 Å². The molecule has 14 heteroatoms. The first-order valence-corrected chi connectivity index (χ1v) is 11.4. The van der Waals surface area contributed by atoms with E-state index in [9.17, 15) is 27.7 Å². The third-order valence-electron chi connectivity index (χ3n) is 6.00. The number of fused-ring (bicyclic) bond motifs is 2. The normalized spacial score (nSPS) is 26.8. The van der Waals surface area contributed by atoms with Crippen molar-refractivity contribution >= 4 is 39.0 Å². The number of nitro groups is 1. The van der Waals surface area contributed by atoms with Crippen LogP contribution in [-0.4, -0.2) is 41.3 Å². The van der Waals surface area contributed by atoms with Crippen LogP contribution in [0.3, 0.4) is 0 Å². The van der Waals surface area contributed by atoms with E-state index < -0.39 is 50.6 Å². The monoisotopic (exact) mass is 484 g/mol. The maximum absolute atomic E-state index is 14.2. The zero-order valence-electron chi connectivity index (χ0n) is 16.3. The molecule has 170 valence electrons. The second-order valence-corrected chi connectivity index (χ2v) is 9.86. The summed E-state index contributed by atoms with van der Waals surface area (Å²) in [5.74, 6) is -2.88. The molecule has 1 heterocycles. The SMILES string of the molecule is NC(=O)C1C2CC(NS(=O)(=O)c3cccc([N+](=O)[O-])c3)C(C2)C1Nc1nc(Cl)ncc1F. The van der Waals surface area contributed by atoms with Crippen molar-refractivity contribution in [2.45, 2.75) is 29.8 Å². The number of hydrogen-bond donors (Lipinski definition) is 3. The lowest BCUT2D eigenvalue weighted by atomic mass is 9.81. The van der Waals surface area contributed by atoms with Crippen molar-refractivity contribution in [3.8, 4) is 0 Å². The van der Waals surface area contributed by atoms with E-state index in [0.29, 0.717) is 12.8 Å². The van der Waals surface area contributed by atoms with Crippen LogP contribution in [0.5, 0.6) is 0 Å². The molecular weight excluding hydrogens is 467 g/mol. The number of nitro benzene ring substituents is 1. The molecule has 0 spiro atoms. The summed E-state index contributed by atoms with van der Waals surface area (Å²) in [7, 11) is -4.09. The van der Waals surface area contributed by atoms with Crippen molar-refractivity contribution in [1.82, 2.24) is 14.7 Å². The highest BCUT2D eigenvalue weighted by Crippen LogP contribution is 2.50. The standard InChI is InChI=1S/C18H18ClFN6O5S/c19-18-22-7-12(20)17(24-18)23-15-11-4-8(14(15)16(21)27)5-13(11)25-32(30,31)10-3-1-2-9(6-10)26(28)29/h1-3,6-8,11,13-15,25H,4-5H2,(H2,21,27)(H,22,23,24). The Morgan fingerprint density at radius 3 is 2.78 bits per heavy atom. The average molecular weight is 485 g/mol. The number of nitrogens with two attached hydrogens (primary N) is 1. The Morgan fingerprint density at radius 2 is 2.09 bits per heavy atom. The molecular formula is C18H18ClFN6O5S. The molecule has 2 aromatic rings.